The van der Waals surface area contributed by atoms with E-state index in [1.54, 1.807) is 0 Å². The van der Waals surface area contributed by atoms with E-state index in [1.807, 2.05) is 11.0 Å². The molecule has 0 aliphatic carbocycles. The Morgan fingerprint density at radius 3 is 2.90 bits per heavy atom. The summed E-state index contributed by atoms with van der Waals surface area (Å²) in [5, 5.41) is 10.4. The highest BCUT2D eigenvalue weighted by atomic mass is 35.5. The number of halogens is 4. The number of nitriles is 1. The third-order valence-corrected chi connectivity index (χ3v) is 10.6. The molecule has 4 aliphatic rings. The highest BCUT2D eigenvalue weighted by Crippen LogP contribution is 2.52. The lowest BCUT2D eigenvalue weighted by atomic mass is 9.95. The molecule has 1 unspecified atom stereocenters. The topological polar surface area (TPSA) is 101 Å². The summed E-state index contributed by atoms with van der Waals surface area (Å²) in [7, 11) is 0. The van der Waals surface area contributed by atoms with Crippen molar-refractivity contribution in [1.82, 2.24) is 14.9 Å². The molecule has 2 N–H and O–H groups in total. The second-order valence-corrected chi connectivity index (χ2v) is 12.9. The molecule has 2 aromatic carbocycles. The normalized spacial score (nSPS) is 24.7. The van der Waals surface area contributed by atoms with Gasteiger partial charge in [-0.3, -0.25) is 4.90 Å². The van der Waals surface area contributed by atoms with E-state index < -0.39 is 23.3 Å². The maximum absolute atomic E-state index is 16.8. The maximum Gasteiger partial charge on any atom is 0.319 e. The minimum absolute atomic E-state index is 0.0105. The summed E-state index contributed by atoms with van der Waals surface area (Å²) >= 11 is 7.83. The molecule has 0 spiro atoms. The van der Waals surface area contributed by atoms with Gasteiger partial charge in [0.2, 0.25) is 0 Å². The molecule has 216 valence electrons. The quantitative estimate of drug-likeness (QED) is 0.308. The molecule has 8 rings (SSSR count). The van der Waals surface area contributed by atoms with Gasteiger partial charge in [0.05, 0.1) is 32.3 Å². The summed E-state index contributed by atoms with van der Waals surface area (Å²) in [5.74, 6) is -0.675. The summed E-state index contributed by atoms with van der Waals surface area (Å²) in [6.07, 6.45) is 2.07. The fourth-order valence-electron chi connectivity index (χ4n) is 7.11. The van der Waals surface area contributed by atoms with Crippen LogP contribution in [0.3, 0.4) is 0 Å². The predicted octanol–water partition coefficient (Wildman–Crippen LogP) is 5.82. The third kappa shape index (κ3) is 3.56. The fraction of sp³-hybridized carbons (Fsp3) is 0.414. The third-order valence-electron chi connectivity index (χ3n) is 9.21. The van der Waals surface area contributed by atoms with Crippen LogP contribution in [-0.4, -0.2) is 65.5 Å². The van der Waals surface area contributed by atoms with Crippen molar-refractivity contribution in [2.24, 2.45) is 0 Å². The Hall–Kier alpha value is -3.53. The SMILES string of the molecule is N#Cc1c(N)sc2c(F)ccc(-c3c(Cl)c4c5c(nc(OC[C@@]67CCCN6C[C@H](F)C7)nc5c3F)N3CCC3CO4)c12. The largest absolute Gasteiger partial charge is 0.489 e. The predicted molar refractivity (Wildman–Crippen MR) is 154 cm³/mol. The molecule has 0 bridgehead atoms. The van der Waals surface area contributed by atoms with Crippen molar-refractivity contribution in [2.75, 3.05) is 43.5 Å². The van der Waals surface area contributed by atoms with E-state index >= 15 is 4.39 Å². The van der Waals surface area contributed by atoms with Crippen molar-refractivity contribution in [3.63, 3.8) is 0 Å². The van der Waals surface area contributed by atoms with Gasteiger partial charge in [0.15, 0.2) is 11.6 Å². The Morgan fingerprint density at radius 1 is 1.26 bits per heavy atom. The Bertz CT molecular complexity index is 1860. The molecule has 13 heteroatoms. The standard InChI is InChI=1S/C29H24ClF3N6O2S/c30-21-19(15-2-3-17(32)25-18(15)16(9-34)26(35)42-25)22(33)23-20-24(21)40-11-14-4-7-39(14)27(20)37-28(36-23)41-12-29-5-1-6-38(29)10-13(31)8-29/h2-3,13-14H,1,4-8,10-12,35H2/t13-,14?,29+/m1/s1. The van der Waals surface area contributed by atoms with Gasteiger partial charge >= 0.3 is 6.01 Å². The molecule has 42 heavy (non-hydrogen) atoms. The lowest BCUT2D eigenvalue weighted by Gasteiger charge is -2.40. The van der Waals surface area contributed by atoms with E-state index in [0.29, 0.717) is 37.3 Å². The van der Waals surface area contributed by atoms with Gasteiger partial charge in [0, 0.05) is 30.5 Å². The Kier molecular flexibility index (Phi) is 5.74. The van der Waals surface area contributed by atoms with Crippen molar-refractivity contribution < 1.29 is 22.6 Å². The number of thiophene rings is 1. The first kappa shape index (κ1) is 26.1. The molecule has 0 saturated carbocycles. The summed E-state index contributed by atoms with van der Waals surface area (Å²) in [6.45, 7) is 2.37. The molecular formula is C29H24ClF3N6O2S. The molecule has 2 aromatic heterocycles. The number of anilines is 2. The number of nitrogen functional groups attached to an aromatic ring is 1. The van der Waals surface area contributed by atoms with E-state index in [2.05, 4.69) is 9.88 Å². The molecule has 3 fully saturated rings. The highest BCUT2D eigenvalue weighted by molar-refractivity contribution is 7.23. The van der Waals surface area contributed by atoms with Gasteiger partial charge in [-0.1, -0.05) is 17.7 Å². The number of rotatable bonds is 4. The molecule has 0 amide bonds. The van der Waals surface area contributed by atoms with Crippen LogP contribution in [0, 0.1) is 23.0 Å². The summed E-state index contributed by atoms with van der Waals surface area (Å²) < 4.78 is 58.5. The van der Waals surface area contributed by atoms with E-state index in [-0.39, 0.29) is 66.7 Å². The van der Waals surface area contributed by atoms with E-state index in [0.717, 1.165) is 37.1 Å². The van der Waals surface area contributed by atoms with Gasteiger partial charge in [0.25, 0.3) is 0 Å². The zero-order valence-corrected chi connectivity index (χ0v) is 23.8. The van der Waals surface area contributed by atoms with Gasteiger partial charge in [-0.2, -0.15) is 15.2 Å². The zero-order chi connectivity index (χ0) is 28.9. The number of ether oxygens (including phenoxy) is 2. The van der Waals surface area contributed by atoms with Crippen molar-refractivity contribution in [2.45, 2.75) is 43.4 Å². The van der Waals surface area contributed by atoms with Crippen LogP contribution in [0.1, 0.15) is 31.2 Å². The molecule has 8 nitrogen and oxygen atoms in total. The minimum Gasteiger partial charge on any atom is -0.489 e. The van der Waals surface area contributed by atoms with Crippen LogP contribution in [0.15, 0.2) is 12.1 Å². The van der Waals surface area contributed by atoms with Crippen molar-refractivity contribution in [3.8, 4) is 29.0 Å². The molecule has 4 aromatic rings. The molecule has 3 saturated heterocycles. The monoisotopic (exact) mass is 612 g/mol. The second-order valence-electron chi connectivity index (χ2n) is 11.4. The van der Waals surface area contributed by atoms with Crippen molar-refractivity contribution in [3.05, 3.63) is 34.4 Å². The van der Waals surface area contributed by atoms with Gasteiger partial charge < -0.3 is 20.1 Å². The first-order valence-corrected chi connectivity index (χ1v) is 15.0. The first-order valence-electron chi connectivity index (χ1n) is 13.8. The lowest BCUT2D eigenvalue weighted by molar-refractivity contribution is 0.107. The van der Waals surface area contributed by atoms with Crippen LogP contribution < -0.4 is 20.1 Å². The van der Waals surface area contributed by atoms with Crippen LogP contribution in [0.4, 0.5) is 24.0 Å². The summed E-state index contributed by atoms with van der Waals surface area (Å²) in [4.78, 5) is 13.4. The van der Waals surface area contributed by atoms with Crippen LogP contribution in [-0.2, 0) is 0 Å². The number of fused-ring (bicyclic) bond motifs is 4. The molecule has 3 atom stereocenters. The first-order chi connectivity index (χ1) is 20.3. The maximum atomic E-state index is 16.8. The highest BCUT2D eigenvalue weighted by Gasteiger charge is 2.49. The van der Waals surface area contributed by atoms with Gasteiger partial charge in [-0.25, -0.2) is 13.2 Å². The van der Waals surface area contributed by atoms with Gasteiger partial charge in [-0.15, -0.1) is 11.3 Å². The number of alkyl halides is 1. The van der Waals surface area contributed by atoms with Gasteiger partial charge in [-0.05, 0) is 37.4 Å². The Morgan fingerprint density at radius 2 is 2.12 bits per heavy atom. The zero-order valence-electron chi connectivity index (χ0n) is 22.2. The average Bonchev–Trinajstić information content (AvgIpc) is 3.57. The molecule has 0 radical (unpaired) electrons. The molecule has 4 aliphatic heterocycles. The Balaban J connectivity index is 1.33. The minimum atomic E-state index is -0.920. The number of benzene rings is 2. The van der Waals surface area contributed by atoms with Crippen molar-refractivity contribution in [1.29, 1.82) is 5.26 Å². The van der Waals surface area contributed by atoms with Crippen molar-refractivity contribution >= 4 is 54.7 Å². The van der Waals surface area contributed by atoms with E-state index in [9.17, 15) is 14.0 Å². The number of hydrogen-bond donors (Lipinski definition) is 1. The Labute approximate surface area is 247 Å². The van der Waals surface area contributed by atoms with Crippen LogP contribution in [0.2, 0.25) is 5.02 Å². The number of nitrogens with two attached hydrogens (primary N) is 1. The fourth-order valence-corrected chi connectivity index (χ4v) is 8.39. The van der Waals surface area contributed by atoms with E-state index in [1.165, 1.54) is 12.1 Å². The second kappa shape index (κ2) is 9.23. The number of hydrogen-bond acceptors (Lipinski definition) is 9. The van der Waals surface area contributed by atoms with Crippen LogP contribution in [0.5, 0.6) is 11.8 Å². The van der Waals surface area contributed by atoms with Crippen LogP contribution in [0.25, 0.3) is 32.1 Å². The lowest BCUT2D eigenvalue weighted by Crippen LogP contribution is -2.50. The number of aromatic nitrogens is 2. The van der Waals surface area contributed by atoms with E-state index in [4.69, 9.17) is 31.8 Å². The smallest absolute Gasteiger partial charge is 0.319 e. The number of nitrogens with zero attached hydrogens (tertiary/aromatic N) is 5. The molecular weight excluding hydrogens is 589 g/mol. The average molecular weight is 613 g/mol. The summed E-state index contributed by atoms with van der Waals surface area (Å²) in [6, 6.07) is 4.60. The molecule has 6 heterocycles. The van der Waals surface area contributed by atoms with Crippen LogP contribution >= 0.6 is 22.9 Å². The van der Waals surface area contributed by atoms with Gasteiger partial charge in [0.1, 0.15) is 47.6 Å². The summed E-state index contributed by atoms with van der Waals surface area (Å²) in [5.41, 5.74) is 5.73.